The smallest absolute Gasteiger partial charge is 0.180 e. The molecular weight excluding hydrogens is 84.0 g/mol. The van der Waals surface area contributed by atoms with E-state index in [1.54, 1.807) is 0 Å². The molecule has 0 aliphatic heterocycles. The van der Waals surface area contributed by atoms with Crippen LogP contribution in [-0.4, -0.2) is 13.5 Å². The van der Waals surface area contributed by atoms with E-state index < -0.39 is 0 Å². The fraction of sp³-hybridized carbons (Fsp3) is 1.00. The molecule has 4 nitrogen and oxygen atoms in total. The molecule has 0 bridgehead atoms. The van der Waals surface area contributed by atoms with Crippen molar-refractivity contribution in [3.63, 3.8) is 0 Å². The van der Waals surface area contributed by atoms with Gasteiger partial charge in [0.1, 0.15) is 0 Å². The molecule has 0 rings (SSSR count). The molecule has 0 aromatic rings. The summed E-state index contributed by atoms with van der Waals surface area (Å²) in [7, 11) is 0. The van der Waals surface area contributed by atoms with Crippen LogP contribution in [0.2, 0.25) is 0 Å². The average Bonchev–Trinajstić information content (AvgIpc) is 1.61. The lowest BCUT2D eigenvalue weighted by molar-refractivity contribution is 0.148. The first-order chi connectivity index (χ1) is 2.91. The molecular formula is C2H6N2O2. The maximum Gasteiger partial charge on any atom is 0.180 e. The zero-order valence-corrected chi connectivity index (χ0v) is 3.26. The van der Waals surface area contributed by atoms with E-state index in [9.17, 15) is 0 Å². The molecule has 0 amide bonds. The SMILES string of the molecule is NCOCN=O. The first-order valence-electron chi connectivity index (χ1n) is 1.48. The average molecular weight is 90.1 g/mol. The van der Waals surface area contributed by atoms with Crippen LogP contribution in [-0.2, 0) is 4.74 Å². The molecule has 0 saturated heterocycles. The lowest BCUT2D eigenvalue weighted by atomic mass is 11.2. The highest BCUT2D eigenvalue weighted by atomic mass is 16.5. The van der Waals surface area contributed by atoms with Crippen LogP contribution in [0.15, 0.2) is 5.18 Å². The topological polar surface area (TPSA) is 64.7 Å². The summed E-state index contributed by atoms with van der Waals surface area (Å²) in [5.74, 6) is 0. The highest BCUT2D eigenvalue weighted by Gasteiger charge is 1.72. The van der Waals surface area contributed by atoms with Gasteiger partial charge in [-0.3, -0.25) is 0 Å². The summed E-state index contributed by atoms with van der Waals surface area (Å²) in [6.45, 7) is -0.0811. The van der Waals surface area contributed by atoms with E-state index >= 15 is 0 Å². The van der Waals surface area contributed by atoms with Gasteiger partial charge in [0.25, 0.3) is 0 Å². The molecule has 0 aliphatic rings. The normalized spacial score (nSPS) is 8.17. The van der Waals surface area contributed by atoms with Gasteiger partial charge >= 0.3 is 0 Å². The van der Waals surface area contributed by atoms with E-state index in [4.69, 9.17) is 10.6 Å². The molecule has 0 radical (unpaired) electrons. The van der Waals surface area contributed by atoms with Crippen molar-refractivity contribution in [1.29, 1.82) is 0 Å². The number of rotatable bonds is 3. The van der Waals surface area contributed by atoms with Gasteiger partial charge in [-0.25, -0.2) is 0 Å². The zero-order valence-electron chi connectivity index (χ0n) is 3.26. The molecule has 6 heavy (non-hydrogen) atoms. The number of hydrogen-bond donors (Lipinski definition) is 1. The van der Waals surface area contributed by atoms with E-state index in [1.165, 1.54) is 0 Å². The van der Waals surface area contributed by atoms with Crippen molar-refractivity contribution in [2.24, 2.45) is 10.9 Å². The maximum atomic E-state index is 9.13. The minimum atomic E-state index is -0.142. The second kappa shape index (κ2) is 4.52. The Hall–Kier alpha value is -0.480. The summed E-state index contributed by atoms with van der Waals surface area (Å²) in [6, 6.07) is 0. The van der Waals surface area contributed by atoms with Gasteiger partial charge in [0, 0.05) is 0 Å². The Balaban J connectivity index is 2.49. The molecule has 0 spiro atoms. The molecule has 2 N–H and O–H groups in total. The fourth-order valence-corrected chi connectivity index (χ4v) is 0.0900. The Morgan fingerprint density at radius 1 is 1.83 bits per heavy atom. The number of ether oxygens (including phenoxy) is 1. The summed E-state index contributed by atoms with van der Waals surface area (Å²) >= 11 is 0. The van der Waals surface area contributed by atoms with Crippen LogP contribution in [0.4, 0.5) is 0 Å². The minimum Gasteiger partial charge on any atom is -0.341 e. The van der Waals surface area contributed by atoms with E-state index in [2.05, 4.69) is 9.91 Å². The van der Waals surface area contributed by atoms with Crippen LogP contribution in [0.5, 0.6) is 0 Å². The third-order valence-corrected chi connectivity index (χ3v) is 0.262. The van der Waals surface area contributed by atoms with Crippen molar-refractivity contribution >= 4 is 0 Å². The van der Waals surface area contributed by atoms with E-state index in [0.29, 0.717) is 0 Å². The Bertz CT molecular complexity index is 38.5. The van der Waals surface area contributed by atoms with Crippen LogP contribution in [0, 0.1) is 4.91 Å². The Morgan fingerprint density at radius 2 is 2.50 bits per heavy atom. The Labute approximate surface area is 35.3 Å². The monoisotopic (exact) mass is 90.0 g/mol. The molecule has 0 aromatic carbocycles. The van der Waals surface area contributed by atoms with Crippen molar-refractivity contribution < 1.29 is 4.74 Å². The molecule has 0 aromatic heterocycles. The van der Waals surface area contributed by atoms with E-state index in [-0.39, 0.29) is 13.5 Å². The van der Waals surface area contributed by atoms with Crippen LogP contribution in [0.25, 0.3) is 0 Å². The Kier molecular flexibility index (Phi) is 4.16. The number of nitrogens with zero attached hydrogens (tertiary/aromatic N) is 1. The summed E-state index contributed by atoms with van der Waals surface area (Å²) < 4.78 is 4.28. The molecule has 0 unspecified atom stereocenters. The van der Waals surface area contributed by atoms with Gasteiger partial charge in [-0.15, -0.1) is 4.91 Å². The largest absolute Gasteiger partial charge is 0.341 e. The zero-order chi connectivity index (χ0) is 4.83. The first-order valence-corrected chi connectivity index (χ1v) is 1.48. The van der Waals surface area contributed by atoms with Gasteiger partial charge in [0.05, 0.1) is 6.73 Å². The highest BCUT2D eigenvalue weighted by molar-refractivity contribution is 4.17. The maximum absolute atomic E-state index is 9.13. The van der Waals surface area contributed by atoms with Crippen molar-refractivity contribution in [3.05, 3.63) is 4.91 Å². The Morgan fingerprint density at radius 3 is 2.67 bits per heavy atom. The molecule has 36 valence electrons. The third kappa shape index (κ3) is 3.52. The lowest BCUT2D eigenvalue weighted by Crippen LogP contribution is -2.03. The molecule has 0 heterocycles. The summed E-state index contributed by atoms with van der Waals surface area (Å²) in [4.78, 5) is 9.13. The number of nitrogens with two attached hydrogens (primary N) is 1. The number of nitroso groups, excluding NO2 is 1. The highest BCUT2D eigenvalue weighted by Crippen LogP contribution is 1.64. The van der Waals surface area contributed by atoms with Crippen molar-refractivity contribution in [2.75, 3.05) is 13.5 Å². The van der Waals surface area contributed by atoms with Gasteiger partial charge in [0.15, 0.2) is 6.73 Å². The van der Waals surface area contributed by atoms with Gasteiger partial charge in [-0.2, -0.15) is 0 Å². The van der Waals surface area contributed by atoms with Gasteiger partial charge < -0.3 is 10.5 Å². The molecule has 0 fully saturated rings. The predicted molar refractivity (Wildman–Crippen MR) is 20.8 cm³/mol. The molecule has 4 heteroatoms. The van der Waals surface area contributed by atoms with Crippen molar-refractivity contribution in [3.8, 4) is 0 Å². The van der Waals surface area contributed by atoms with Crippen LogP contribution < -0.4 is 5.73 Å². The standard InChI is InChI=1S/C2H6N2O2/c3-1-6-2-4-5/h1-3H2. The van der Waals surface area contributed by atoms with Gasteiger partial charge in [-0.1, -0.05) is 0 Å². The van der Waals surface area contributed by atoms with E-state index in [1.807, 2.05) is 0 Å². The van der Waals surface area contributed by atoms with E-state index in [0.717, 1.165) is 0 Å². The van der Waals surface area contributed by atoms with Crippen LogP contribution in [0.1, 0.15) is 0 Å². The summed E-state index contributed by atoms with van der Waals surface area (Å²) in [6.07, 6.45) is 0. The molecule has 0 saturated carbocycles. The summed E-state index contributed by atoms with van der Waals surface area (Å²) in [5, 5.41) is 2.37. The minimum absolute atomic E-state index is 0.0613. The van der Waals surface area contributed by atoms with Gasteiger partial charge in [-0.05, 0) is 5.18 Å². The quantitative estimate of drug-likeness (QED) is 0.292. The molecule has 0 atom stereocenters. The fourth-order valence-electron chi connectivity index (χ4n) is 0.0900. The first kappa shape index (κ1) is 5.52. The lowest BCUT2D eigenvalue weighted by Gasteiger charge is -1.85. The van der Waals surface area contributed by atoms with Gasteiger partial charge in [0.2, 0.25) is 0 Å². The van der Waals surface area contributed by atoms with Crippen molar-refractivity contribution in [1.82, 2.24) is 0 Å². The van der Waals surface area contributed by atoms with Crippen LogP contribution in [0.3, 0.4) is 0 Å². The third-order valence-electron chi connectivity index (χ3n) is 0.262. The second-order valence-corrected chi connectivity index (χ2v) is 0.629. The van der Waals surface area contributed by atoms with Crippen molar-refractivity contribution in [2.45, 2.75) is 0 Å². The predicted octanol–water partition coefficient (Wildman–Crippen LogP) is -0.357. The number of hydrogen-bond acceptors (Lipinski definition) is 4. The molecule has 0 aliphatic carbocycles. The second-order valence-electron chi connectivity index (χ2n) is 0.629. The summed E-state index contributed by atoms with van der Waals surface area (Å²) in [5.41, 5.74) is 4.79. The van der Waals surface area contributed by atoms with Crippen LogP contribution >= 0.6 is 0 Å².